The lowest BCUT2D eigenvalue weighted by Gasteiger charge is -2.24. The highest BCUT2D eigenvalue weighted by Gasteiger charge is 2.39. The molecule has 2 aliphatic carbocycles. The van der Waals surface area contributed by atoms with Crippen LogP contribution in [0.15, 0.2) is 24.3 Å². The minimum Gasteiger partial charge on any atom is -0.378 e. The Bertz CT molecular complexity index is 604. The molecule has 5 nitrogen and oxygen atoms in total. The quantitative estimate of drug-likeness (QED) is 0.584. The van der Waals surface area contributed by atoms with Crippen LogP contribution in [0.2, 0.25) is 0 Å². The van der Waals surface area contributed by atoms with E-state index in [-0.39, 0.29) is 5.91 Å². The van der Waals surface area contributed by atoms with Gasteiger partial charge in [0.1, 0.15) is 0 Å². The van der Waals surface area contributed by atoms with Crippen molar-refractivity contribution in [2.75, 3.05) is 19.0 Å². The Labute approximate surface area is 142 Å². The van der Waals surface area contributed by atoms with Gasteiger partial charge in [-0.25, -0.2) is 0 Å². The van der Waals surface area contributed by atoms with E-state index in [1.807, 2.05) is 37.2 Å². The molecule has 6 heteroatoms. The number of nitrogens with one attached hydrogen (secondary N) is 3. The number of hydrogen-bond acceptors (Lipinski definition) is 3. The van der Waals surface area contributed by atoms with Crippen molar-refractivity contribution in [2.45, 2.75) is 31.7 Å². The number of anilines is 1. The van der Waals surface area contributed by atoms with Gasteiger partial charge >= 0.3 is 0 Å². The molecule has 1 amide bonds. The molecule has 1 aromatic rings. The van der Waals surface area contributed by atoms with Gasteiger partial charge in [0.25, 0.3) is 5.91 Å². The van der Waals surface area contributed by atoms with Gasteiger partial charge in [0.15, 0.2) is 5.11 Å². The van der Waals surface area contributed by atoms with E-state index in [1.165, 1.54) is 25.7 Å². The van der Waals surface area contributed by atoms with Crippen LogP contribution < -0.4 is 21.1 Å². The number of rotatable bonds is 3. The summed E-state index contributed by atoms with van der Waals surface area (Å²) in [4.78, 5) is 14.2. The molecule has 0 radical (unpaired) electrons. The molecule has 2 aliphatic rings. The van der Waals surface area contributed by atoms with Crippen LogP contribution in [-0.4, -0.2) is 31.2 Å². The van der Waals surface area contributed by atoms with Crippen molar-refractivity contribution in [3.8, 4) is 0 Å². The zero-order valence-corrected chi connectivity index (χ0v) is 14.5. The van der Waals surface area contributed by atoms with Crippen LogP contribution in [0, 0.1) is 11.8 Å². The Balaban J connectivity index is 1.48. The van der Waals surface area contributed by atoms with Crippen molar-refractivity contribution in [3.05, 3.63) is 29.8 Å². The molecule has 3 N–H and O–H groups in total. The lowest BCUT2D eigenvalue weighted by Crippen LogP contribution is -2.50. The Morgan fingerprint density at radius 1 is 1.22 bits per heavy atom. The first-order valence-electron chi connectivity index (χ1n) is 8.17. The predicted molar refractivity (Wildman–Crippen MR) is 96.3 cm³/mol. The van der Waals surface area contributed by atoms with Crippen molar-refractivity contribution < 1.29 is 4.79 Å². The minimum atomic E-state index is -0.189. The first-order chi connectivity index (χ1) is 11.0. The normalized spacial score (nSPS) is 25.0. The third-order valence-electron chi connectivity index (χ3n) is 4.97. The van der Waals surface area contributed by atoms with E-state index in [1.54, 1.807) is 6.07 Å². The molecular formula is C17H24N4OS. The maximum atomic E-state index is 12.2. The average molecular weight is 332 g/mol. The summed E-state index contributed by atoms with van der Waals surface area (Å²) in [7, 11) is 3.90. The summed E-state index contributed by atoms with van der Waals surface area (Å²) >= 11 is 5.30. The number of amides is 1. The van der Waals surface area contributed by atoms with Crippen molar-refractivity contribution in [1.29, 1.82) is 0 Å². The van der Waals surface area contributed by atoms with Gasteiger partial charge in [-0.15, -0.1) is 0 Å². The second kappa shape index (κ2) is 6.74. The van der Waals surface area contributed by atoms with E-state index in [2.05, 4.69) is 16.2 Å². The van der Waals surface area contributed by atoms with E-state index < -0.39 is 0 Å². The zero-order chi connectivity index (χ0) is 16.4. The van der Waals surface area contributed by atoms with E-state index in [0.717, 1.165) is 17.5 Å². The number of nitrogens with zero attached hydrogens (tertiary/aromatic N) is 1. The van der Waals surface area contributed by atoms with Gasteiger partial charge in [-0.3, -0.25) is 15.6 Å². The Hall–Kier alpha value is -1.82. The number of carbonyl (C=O) groups excluding carboxylic acids is 1. The third kappa shape index (κ3) is 3.75. The molecule has 0 aromatic heterocycles. The maximum Gasteiger partial charge on any atom is 0.269 e. The fourth-order valence-electron chi connectivity index (χ4n) is 3.74. The molecule has 2 saturated carbocycles. The largest absolute Gasteiger partial charge is 0.378 e. The topological polar surface area (TPSA) is 56.4 Å². The number of carbonyl (C=O) groups is 1. The van der Waals surface area contributed by atoms with Crippen LogP contribution >= 0.6 is 12.2 Å². The van der Waals surface area contributed by atoms with Crippen LogP contribution in [-0.2, 0) is 0 Å². The van der Waals surface area contributed by atoms with Crippen molar-refractivity contribution in [3.63, 3.8) is 0 Å². The second-order valence-electron chi connectivity index (χ2n) is 6.78. The minimum absolute atomic E-state index is 0.189. The molecule has 0 aliphatic heterocycles. The van der Waals surface area contributed by atoms with Gasteiger partial charge in [0.05, 0.1) is 0 Å². The fraction of sp³-hybridized carbons (Fsp3) is 0.529. The Kier molecular flexibility index (Phi) is 4.71. The maximum absolute atomic E-state index is 12.2. The predicted octanol–water partition coefficient (Wildman–Crippen LogP) is 2.05. The molecular weight excluding hydrogens is 308 g/mol. The van der Waals surface area contributed by atoms with Gasteiger partial charge in [-0.1, -0.05) is 12.5 Å². The molecule has 2 fully saturated rings. The molecule has 0 spiro atoms. The number of fused-ring (bicyclic) bond motifs is 2. The van der Waals surface area contributed by atoms with Gasteiger partial charge < -0.3 is 10.2 Å². The molecule has 0 heterocycles. The Morgan fingerprint density at radius 2 is 2.04 bits per heavy atom. The van der Waals surface area contributed by atoms with Crippen LogP contribution in [0.4, 0.5) is 5.69 Å². The van der Waals surface area contributed by atoms with Gasteiger partial charge in [-0.2, -0.15) is 0 Å². The van der Waals surface area contributed by atoms with E-state index in [4.69, 9.17) is 12.2 Å². The lowest BCUT2D eigenvalue weighted by molar-refractivity contribution is 0.0943. The standard InChI is InChI=1S/C17H24N4OS/c1-21(2)14-5-3-4-13(10-14)16(22)19-20-17(23)18-15-9-11-6-7-12(15)8-11/h3-5,10-12,15H,6-9H2,1-2H3,(H,19,22)(H2,18,20,23)/t11-,12+,15+/m1/s1. The third-order valence-corrected chi connectivity index (χ3v) is 5.19. The molecule has 3 rings (SSSR count). The molecule has 124 valence electrons. The number of hydrogen-bond donors (Lipinski definition) is 3. The van der Waals surface area contributed by atoms with Crippen molar-refractivity contribution >= 4 is 28.9 Å². The van der Waals surface area contributed by atoms with Crippen molar-refractivity contribution in [1.82, 2.24) is 16.2 Å². The number of hydrazine groups is 1. The van der Waals surface area contributed by atoms with Gasteiger partial charge in [-0.05, 0) is 61.5 Å². The summed E-state index contributed by atoms with van der Waals surface area (Å²) in [5.74, 6) is 1.42. The monoisotopic (exact) mass is 332 g/mol. The molecule has 1 aromatic carbocycles. The van der Waals surface area contributed by atoms with E-state index in [9.17, 15) is 4.79 Å². The highest BCUT2D eigenvalue weighted by atomic mass is 32.1. The molecule has 0 saturated heterocycles. The highest BCUT2D eigenvalue weighted by Crippen LogP contribution is 2.44. The molecule has 2 bridgehead atoms. The number of benzene rings is 1. The lowest BCUT2D eigenvalue weighted by atomic mass is 9.96. The summed E-state index contributed by atoms with van der Waals surface area (Å²) in [6.45, 7) is 0. The number of thiocarbonyl (C=S) groups is 1. The molecule has 23 heavy (non-hydrogen) atoms. The second-order valence-corrected chi connectivity index (χ2v) is 7.19. The molecule has 0 unspecified atom stereocenters. The van der Waals surface area contributed by atoms with Crippen LogP contribution in [0.3, 0.4) is 0 Å². The summed E-state index contributed by atoms with van der Waals surface area (Å²) in [6, 6.07) is 7.93. The van der Waals surface area contributed by atoms with Gasteiger partial charge in [0, 0.05) is 31.4 Å². The van der Waals surface area contributed by atoms with E-state index >= 15 is 0 Å². The van der Waals surface area contributed by atoms with Crippen LogP contribution in [0.5, 0.6) is 0 Å². The van der Waals surface area contributed by atoms with E-state index in [0.29, 0.717) is 16.7 Å². The first-order valence-corrected chi connectivity index (χ1v) is 8.58. The summed E-state index contributed by atoms with van der Waals surface area (Å²) in [5.41, 5.74) is 7.08. The van der Waals surface area contributed by atoms with Gasteiger partial charge in [0.2, 0.25) is 0 Å². The summed E-state index contributed by atoms with van der Waals surface area (Å²) < 4.78 is 0. The SMILES string of the molecule is CN(C)c1cccc(C(=O)NNC(=S)N[C@H]2C[C@@H]3CC[C@H]2C3)c1. The van der Waals surface area contributed by atoms with Crippen LogP contribution in [0.25, 0.3) is 0 Å². The zero-order valence-electron chi connectivity index (χ0n) is 13.6. The summed E-state index contributed by atoms with van der Waals surface area (Å²) in [6.07, 6.45) is 5.19. The van der Waals surface area contributed by atoms with Crippen molar-refractivity contribution in [2.24, 2.45) is 11.8 Å². The first kappa shape index (κ1) is 16.1. The average Bonchev–Trinajstić information content (AvgIpc) is 3.15. The van der Waals surface area contributed by atoms with Crippen LogP contribution in [0.1, 0.15) is 36.0 Å². The Morgan fingerprint density at radius 3 is 2.70 bits per heavy atom. The molecule has 3 atom stereocenters. The summed E-state index contributed by atoms with van der Waals surface area (Å²) in [5, 5.41) is 3.84. The fourth-order valence-corrected chi connectivity index (χ4v) is 3.94. The highest BCUT2D eigenvalue weighted by molar-refractivity contribution is 7.80. The smallest absolute Gasteiger partial charge is 0.269 e.